The van der Waals surface area contributed by atoms with Crippen LogP contribution in [0.1, 0.15) is 56.1 Å². The molecule has 0 spiro atoms. The van der Waals surface area contributed by atoms with E-state index in [4.69, 9.17) is 18.9 Å². The van der Waals surface area contributed by atoms with Crippen molar-refractivity contribution >= 4 is 16.7 Å². The molecule has 2 fully saturated rings. The van der Waals surface area contributed by atoms with Gasteiger partial charge in [-0.25, -0.2) is 4.79 Å². The summed E-state index contributed by atoms with van der Waals surface area (Å²) in [5, 5.41) is 9.92. The second-order valence-electron chi connectivity index (χ2n) is 12.9. The van der Waals surface area contributed by atoms with Crippen LogP contribution in [0.2, 0.25) is 0 Å². The first-order chi connectivity index (χ1) is 24.5. The van der Waals surface area contributed by atoms with Crippen molar-refractivity contribution in [1.82, 2.24) is 14.5 Å². The van der Waals surface area contributed by atoms with E-state index in [0.29, 0.717) is 36.6 Å². The SMILES string of the molecule is COC(OC)C1CCCCC1.O=c1[nH]c2ccc(N3CCC(O)CC3)cc2n1-c1ccc(OCc2ccccc2)nc1OCc1ccccc1. The van der Waals surface area contributed by atoms with Gasteiger partial charge in [0.15, 0.2) is 6.29 Å². The topological polar surface area (TPSA) is 111 Å². The van der Waals surface area contributed by atoms with Crippen LogP contribution in [-0.4, -0.2) is 59.3 Å². The van der Waals surface area contributed by atoms with Gasteiger partial charge in [0.1, 0.15) is 18.9 Å². The van der Waals surface area contributed by atoms with Gasteiger partial charge in [-0.1, -0.05) is 79.9 Å². The molecule has 0 amide bonds. The number of hydrogen-bond donors (Lipinski definition) is 2. The van der Waals surface area contributed by atoms with E-state index < -0.39 is 0 Å². The van der Waals surface area contributed by atoms with Crippen LogP contribution < -0.4 is 20.1 Å². The van der Waals surface area contributed by atoms with Gasteiger partial charge in [-0.2, -0.15) is 4.98 Å². The first-order valence-corrected chi connectivity index (χ1v) is 17.6. The van der Waals surface area contributed by atoms with Gasteiger partial charge in [0.25, 0.3) is 0 Å². The number of aromatic amines is 1. The van der Waals surface area contributed by atoms with Gasteiger partial charge in [0.05, 0.1) is 17.1 Å². The number of methoxy groups -OCH3 is 2. The Morgan fingerprint density at radius 3 is 2.08 bits per heavy atom. The van der Waals surface area contributed by atoms with Crippen LogP contribution in [0.3, 0.4) is 0 Å². The van der Waals surface area contributed by atoms with Gasteiger partial charge in [-0.3, -0.25) is 4.57 Å². The van der Waals surface area contributed by atoms with Gasteiger partial charge < -0.3 is 33.9 Å². The lowest BCUT2D eigenvalue weighted by Crippen LogP contribution is -2.35. The molecular weight excluding hydrogens is 632 g/mol. The maximum atomic E-state index is 13.2. The number of benzene rings is 3. The number of nitrogens with zero attached hydrogens (tertiary/aromatic N) is 3. The summed E-state index contributed by atoms with van der Waals surface area (Å²) in [6.45, 7) is 2.19. The van der Waals surface area contributed by atoms with Crippen molar-refractivity contribution in [2.24, 2.45) is 5.92 Å². The van der Waals surface area contributed by atoms with Crippen LogP contribution in [0.25, 0.3) is 16.7 Å². The molecule has 1 aliphatic heterocycles. The zero-order valence-electron chi connectivity index (χ0n) is 29.0. The van der Waals surface area contributed by atoms with Crippen molar-refractivity contribution in [3.05, 3.63) is 113 Å². The molecule has 1 saturated carbocycles. The highest BCUT2D eigenvalue weighted by Gasteiger charge is 2.23. The Morgan fingerprint density at radius 1 is 0.800 bits per heavy atom. The highest BCUT2D eigenvalue weighted by atomic mass is 16.7. The summed E-state index contributed by atoms with van der Waals surface area (Å²) in [6.07, 6.45) is 7.84. The molecule has 0 unspecified atom stereocenters. The van der Waals surface area contributed by atoms with Crippen molar-refractivity contribution in [3.8, 4) is 17.4 Å². The summed E-state index contributed by atoms with van der Waals surface area (Å²) < 4.78 is 24.2. The number of H-pyrrole nitrogens is 1. The molecule has 264 valence electrons. The first-order valence-electron chi connectivity index (χ1n) is 17.6. The van der Waals surface area contributed by atoms with Crippen LogP contribution in [0.15, 0.2) is 95.8 Å². The molecule has 50 heavy (non-hydrogen) atoms. The van der Waals surface area contributed by atoms with Crippen molar-refractivity contribution in [2.75, 3.05) is 32.2 Å². The molecule has 5 aromatic rings. The minimum absolute atomic E-state index is 0.0373. The zero-order valence-corrected chi connectivity index (χ0v) is 29.0. The predicted octanol–water partition coefficient (Wildman–Crippen LogP) is 7.02. The van der Waals surface area contributed by atoms with Crippen LogP contribution in [0.5, 0.6) is 11.8 Å². The van der Waals surface area contributed by atoms with Crippen LogP contribution in [0, 0.1) is 5.92 Å². The fourth-order valence-electron chi connectivity index (χ4n) is 6.77. The summed E-state index contributed by atoms with van der Waals surface area (Å²) >= 11 is 0. The molecule has 1 aliphatic carbocycles. The molecule has 1 saturated heterocycles. The van der Waals surface area contributed by atoms with E-state index in [-0.39, 0.29) is 18.1 Å². The predicted molar refractivity (Wildman–Crippen MR) is 195 cm³/mol. The second kappa shape index (κ2) is 17.3. The number of fused-ring (bicyclic) bond motifs is 1. The number of imidazole rings is 1. The third-order valence-corrected chi connectivity index (χ3v) is 9.50. The van der Waals surface area contributed by atoms with Crippen molar-refractivity contribution in [2.45, 2.75) is 70.6 Å². The normalized spacial score (nSPS) is 15.6. The number of hydrogen-bond acceptors (Lipinski definition) is 8. The fourth-order valence-corrected chi connectivity index (χ4v) is 6.77. The molecule has 10 heteroatoms. The van der Waals surface area contributed by atoms with E-state index >= 15 is 0 Å². The lowest BCUT2D eigenvalue weighted by Gasteiger charge is -2.31. The average Bonchev–Trinajstić information content (AvgIpc) is 3.50. The van der Waals surface area contributed by atoms with E-state index in [1.807, 2.05) is 84.9 Å². The van der Waals surface area contributed by atoms with Crippen LogP contribution >= 0.6 is 0 Å². The lowest BCUT2D eigenvalue weighted by molar-refractivity contribution is -0.143. The molecule has 2 aliphatic rings. The third-order valence-electron chi connectivity index (χ3n) is 9.50. The Labute approximate surface area is 293 Å². The lowest BCUT2D eigenvalue weighted by atomic mass is 9.89. The number of aliphatic hydroxyl groups excluding tert-OH is 1. The highest BCUT2D eigenvalue weighted by Crippen LogP contribution is 2.30. The maximum absolute atomic E-state index is 13.2. The van der Waals surface area contributed by atoms with E-state index in [1.165, 1.54) is 32.1 Å². The second-order valence-corrected chi connectivity index (χ2v) is 12.9. The summed E-state index contributed by atoms with van der Waals surface area (Å²) in [5.41, 5.74) is 4.72. The first kappa shape index (κ1) is 35.2. The molecule has 3 aromatic carbocycles. The minimum atomic E-state index is -0.277. The number of ether oxygens (including phenoxy) is 4. The van der Waals surface area contributed by atoms with E-state index in [2.05, 4.69) is 14.9 Å². The molecule has 3 heterocycles. The number of nitrogens with one attached hydrogen (secondary N) is 1. The number of aromatic nitrogens is 3. The molecule has 2 N–H and O–H groups in total. The third kappa shape index (κ3) is 8.93. The maximum Gasteiger partial charge on any atom is 0.331 e. The van der Waals surface area contributed by atoms with Crippen LogP contribution in [-0.2, 0) is 22.7 Å². The minimum Gasteiger partial charge on any atom is -0.473 e. The number of piperidine rings is 1. The molecule has 0 atom stereocenters. The van der Waals surface area contributed by atoms with Gasteiger partial charge in [-0.15, -0.1) is 0 Å². The Morgan fingerprint density at radius 2 is 1.44 bits per heavy atom. The van der Waals surface area contributed by atoms with Crippen molar-refractivity contribution in [1.29, 1.82) is 0 Å². The molecule has 10 nitrogen and oxygen atoms in total. The number of pyridine rings is 1. The Hall–Kier alpha value is -4.64. The highest BCUT2D eigenvalue weighted by molar-refractivity contribution is 5.82. The largest absolute Gasteiger partial charge is 0.473 e. The quantitative estimate of drug-likeness (QED) is 0.143. The number of aliphatic hydroxyl groups is 1. The monoisotopic (exact) mass is 680 g/mol. The summed E-state index contributed by atoms with van der Waals surface area (Å²) in [6, 6.07) is 29.2. The zero-order chi connectivity index (χ0) is 34.7. The summed E-state index contributed by atoms with van der Waals surface area (Å²) in [4.78, 5) is 23.1. The van der Waals surface area contributed by atoms with E-state index in [1.54, 1.807) is 24.9 Å². The fraction of sp³-hybridized carbons (Fsp3) is 0.400. The molecule has 0 bridgehead atoms. The van der Waals surface area contributed by atoms with Crippen molar-refractivity contribution < 1.29 is 24.1 Å². The Bertz CT molecular complexity index is 1830. The molecule has 0 radical (unpaired) electrons. The smallest absolute Gasteiger partial charge is 0.331 e. The van der Waals surface area contributed by atoms with Gasteiger partial charge in [0, 0.05) is 45.0 Å². The van der Waals surface area contributed by atoms with Crippen LogP contribution in [0.4, 0.5) is 5.69 Å². The Balaban J connectivity index is 0.000000336. The van der Waals surface area contributed by atoms with Crippen molar-refractivity contribution in [3.63, 3.8) is 0 Å². The van der Waals surface area contributed by atoms with E-state index in [9.17, 15) is 9.90 Å². The summed E-state index contributed by atoms with van der Waals surface area (Å²) in [7, 11) is 3.45. The Kier molecular flexibility index (Phi) is 12.2. The molecule has 7 rings (SSSR count). The van der Waals surface area contributed by atoms with Gasteiger partial charge >= 0.3 is 5.69 Å². The molecular formula is C40H48N4O6. The van der Waals surface area contributed by atoms with Gasteiger partial charge in [0.2, 0.25) is 11.8 Å². The number of anilines is 1. The standard InChI is InChI=1S/C31H30N4O4.C9H18O2/c36-25-15-17-34(18-16-25)24-11-12-26-28(19-24)35(31(37)32-26)27-13-14-29(38-20-22-7-3-1-4-8-22)33-30(27)39-21-23-9-5-2-6-10-23;1-10-9(11-2)8-6-4-3-5-7-8/h1-14,19,25,36H,15-18,20-21H2,(H,32,37);8-9H,3-7H2,1-2H3. The molecule has 2 aromatic heterocycles. The van der Waals surface area contributed by atoms with Gasteiger partial charge in [-0.05, 0) is 61.1 Å². The average molecular weight is 681 g/mol. The summed E-state index contributed by atoms with van der Waals surface area (Å²) in [5.74, 6) is 1.35. The van der Waals surface area contributed by atoms with E-state index in [0.717, 1.165) is 53.8 Å². The number of rotatable bonds is 11.